The van der Waals surface area contributed by atoms with Gasteiger partial charge in [0.15, 0.2) is 0 Å². The maximum atomic E-state index is 4.43. The van der Waals surface area contributed by atoms with E-state index in [2.05, 4.69) is 27.1 Å². The van der Waals surface area contributed by atoms with Gasteiger partial charge in [0.1, 0.15) is 11.6 Å². The van der Waals surface area contributed by atoms with E-state index in [1.807, 2.05) is 19.9 Å². The van der Waals surface area contributed by atoms with Crippen LogP contribution in [0.3, 0.4) is 0 Å². The van der Waals surface area contributed by atoms with Crippen LogP contribution in [0.4, 0.5) is 5.82 Å². The van der Waals surface area contributed by atoms with Gasteiger partial charge in [-0.1, -0.05) is 6.92 Å². The Kier molecular flexibility index (Phi) is 3.94. The maximum absolute atomic E-state index is 4.43. The van der Waals surface area contributed by atoms with Crippen molar-refractivity contribution in [3.63, 3.8) is 0 Å². The summed E-state index contributed by atoms with van der Waals surface area (Å²) in [4.78, 5) is 11.2. The number of rotatable bonds is 3. The van der Waals surface area contributed by atoms with Gasteiger partial charge in [0, 0.05) is 30.9 Å². The van der Waals surface area contributed by atoms with Gasteiger partial charge in [0.25, 0.3) is 0 Å². The van der Waals surface area contributed by atoms with Gasteiger partial charge in [0.05, 0.1) is 0 Å². The highest BCUT2D eigenvalue weighted by Crippen LogP contribution is 2.15. The van der Waals surface area contributed by atoms with E-state index in [-0.39, 0.29) is 0 Å². The first-order valence-electron chi connectivity index (χ1n) is 6.48. The summed E-state index contributed by atoms with van der Waals surface area (Å²) < 4.78 is 0. The summed E-state index contributed by atoms with van der Waals surface area (Å²) in [6.07, 6.45) is 2.41. The second-order valence-electron chi connectivity index (χ2n) is 4.79. The van der Waals surface area contributed by atoms with Crippen molar-refractivity contribution in [3.8, 4) is 0 Å². The van der Waals surface area contributed by atoms with E-state index in [1.165, 1.54) is 32.5 Å². The van der Waals surface area contributed by atoms with Crippen molar-refractivity contribution in [1.29, 1.82) is 0 Å². The van der Waals surface area contributed by atoms with Crippen molar-refractivity contribution in [2.75, 3.05) is 25.0 Å². The molecule has 94 valence electrons. The van der Waals surface area contributed by atoms with Crippen LogP contribution in [0, 0.1) is 13.8 Å². The van der Waals surface area contributed by atoms with Crippen LogP contribution in [0.25, 0.3) is 0 Å². The maximum Gasteiger partial charge on any atom is 0.130 e. The predicted molar refractivity (Wildman–Crippen MR) is 70.3 cm³/mol. The van der Waals surface area contributed by atoms with Crippen LogP contribution >= 0.6 is 0 Å². The van der Waals surface area contributed by atoms with E-state index >= 15 is 0 Å². The minimum atomic E-state index is 0.562. The first kappa shape index (κ1) is 12.3. The second kappa shape index (κ2) is 5.45. The lowest BCUT2D eigenvalue weighted by Crippen LogP contribution is -2.39. The Labute approximate surface area is 103 Å². The Balaban J connectivity index is 1.93. The van der Waals surface area contributed by atoms with Crippen molar-refractivity contribution in [1.82, 2.24) is 14.9 Å². The molecular formula is C13H22N4. The zero-order valence-corrected chi connectivity index (χ0v) is 11.0. The van der Waals surface area contributed by atoms with Gasteiger partial charge >= 0.3 is 0 Å². The first-order chi connectivity index (χ1) is 8.17. The standard InChI is InChI=1S/C13H22N4/c1-4-17-7-5-12(6-8-17)16-13-9-10(2)14-11(3)15-13/h9,12H,4-8H2,1-3H3,(H,14,15,16). The fraction of sp³-hybridized carbons (Fsp3) is 0.692. The number of piperidine rings is 1. The van der Waals surface area contributed by atoms with Crippen LogP contribution < -0.4 is 5.32 Å². The normalized spacial score (nSPS) is 18.3. The van der Waals surface area contributed by atoms with E-state index in [9.17, 15) is 0 Å². The summed E-state index contributed by atoms with van der Waals surface area (Å²) in [5, 5.41) is 3.53. The molecule has 0 saturated carbocycles. The van der Waals surface area contributed by atoms with E-state index in [1.54, 1.807) is 0 Å². The highest BCUT2D eigenvalue weighted by molar-refractivity contribution is 5.36. The van der Waals surface area contributed by atoms with Crippen LogP contribution in [0.1, 0.15) is 31.3 Å². The molecule has 1 aliphatic heterocycles. The summed E-state index contributed by atoms with van der Waals surface area (Å²) in [6, 6.07) is 2.59. The van der Waals surface area contributed by atoms with E-state index < -0.39 is 0 Å². The molecule has 0 aromatic carbocycles. The first-order valence-corrected chi connectivity index (χ1v) is 6.48. The Morgan fingerprint density at radius 1 is 1.29 bits per heavy atom. The van der Waals surface area contributed by atoms with Gasteiger partial charge in [-0.05, 0) is 33.2 Å². The fourth-order valence-electron chi connectivity index (χ4n) is 2.39. The molecular weight excluding hydrogens is 212 g/mol. The van der Waals surface area contributed by atoms with Gasteiger partial charge in [0.2, 0.25) is 0 Å². The number of aromatic nitrogens is 2. The molecule has 1 aromatic rings. The van der Waals surface area contributed by atoms with E-state index in [4.69, 9.17) is 0 Å². The summed E-state index contributed by atoms with van der Waals surface area (Å²) in [5.74, 6) is 1.82. The molecule has 1 aromatic heterocycles. The number of hydrogen-bond acceptors (Lipinski definition) is 4. The third kappa shape index (κ3) is 3.40. The molecule has 4 heteroatoms. The topological polar surface area (TPSA) is 41.0 Å². The molecule has 0 radical (unpaired) electrons. The zero-order valence-electron chi connectivity index (χ0n) is 11.0. The number of likely N-dealkylation sites (tertiary alicyclic amines) is 1. The Morgan fingerprint density at radius 2 is 2.00 bits per heavy atom. The quantitative estimate of drug-likeness (QED) is 0.868. The van der Waals surface area contributed by atoms with Crippen LogP contribution in [0.2, 0.25) is 0 Å². The number of aryl methyl sites for hydroxylation is 2. The molecule has 1 fully saturated rings. The molecule has 4 nitrogen and oxygen atoms in total. The van der Waals surface area contributed by atoms with Crippen LogP contribution in [-0.2, 0) is 0 Å². The average Bonchev–Trinajstić information content (AvgIpc) is 2.28. The molecule has 0 spiro atoms. The average molecular weight is 234 g/mol. The van der Waals surface area contributed by atoms with Crippen LogP contribution in [0.5, 0.6) is 0 Å². The SMILES string of the molecule is CCN1CCC(Nc2cc(C)nc(C)n2)CC1. The monoisotopic (exact) mass is 234 g/mol. The molecule has 0 aliphatic carbocycles. The van der Waals surface area contributed by atoms with Crippen molar-refractivity contribution >= 4 is 5.82 Å². The number of hydrogen-bond donors (Lipinski definition) is 1. The number of nitrogens with zero attached hydrogens (tertiary/aromatic N) is 3. The number of nitrogens with one attached hydrogen (secondary N) is 1. The fourth-order valence-corrected chi connectivity index (χ4v) is 2.39. The Hall–Kier alpha value is -1.16. The molecule has 0 bridgehead atoms. The third-order valence-corrected chi connectivity index (χ3v) is 3.35. The Bertz CT molecular complexity index is 349. The molecule has 0 amide bonds. The van der Waals surface area contributed by atoms with Gasteiger partial charge in [-0.3, -0.25) is 0 Å². The van der Waals surface area contributed by atoms with Gasteiger partial charge in [-0.25, -0.2) is 9.97 Å². The van der Waals surface area contributed by atoms with Crippen LogP contribution in [-0.4, -0.2) is 40.5 Å². The largest absolute Gasteiger partial charge is 0.367 e. The lowest BCUT2D eigenvalue weighted by atomic mass is 10.1. The van der Waals surface area contributed by atoms with Crippen LogP contribution in [0.15, 0.2) is 6.07 Å². The molecule has 0 unspecified atom stereocenters. The van der Waals surface area contributed by atoms with Gasteiger partial charge in [-0.2, -0.15) is 0 Å². The van der Waals surface area contributed by atoms with E-state index in [0.717, 1.165) is 17.3 Å². The molecule has 2 heterocycles. The summed E-state index contributed by atoms with van der Waals surface area (Å²) in [7, 11) is 0. The van der Waals surface area contributed by atoms with Crippen molar-refractivity contribution in [2.45, 2.75) is 39.7 Å². The third-order valence-electron chi connectivity index (χ3n) is 3.35. The summed E-state index contributed by atoms with van der Waals surface area (Å²) in [6.45, 7) is 9.73. The smallest absolute Gasteiger partial charge is 0.130 e. The van der Waals surface area contributed by atoms with Crippen molar-refractivity contribution < 1.29 is 0 Å². The Morgan fingerprint density at radius 3 is 2.59 bits per heavy atom. The lowest BCUT2D eigenvalue weighted by molar-refractivity contribution is 0.229. The van der Waals surface area contributed by atoms with Gasteiger partial charge in [-0.15, -0.1) is 0 Å². The minimum Gasteiger partial charge on any atom is -0.367 e. The highest BCUT2D eigenvalue weighted by atomic mass is 15.1. The van der Waals surface area contributed by atoms with Gasteiger partial charge < -0.3 is 10.2 Å². The number of anilines is 1. The zero-order chi connectivity index (χ0) is 12.3. The second-order valence-corrected chi connectivity index (χ2v) is 4.79. The molecule has 1 aliphatic rings. The summed E-state index contributed by atoms with van der Waals surface area (Å²) in [5.41, 5.74) is 1.03. The minimum absolute atomic E-state index is 0.562. The molecule has 1 N–H and O–H groups in total. The molecule has 17 heavy (non-hydrogen) atoms. The molecule has 0 atom stereocenters. The molecule has 2 rings (SSSR count). The predicted octanol–water partition coefficient (Wildman–Crippen LogP) is 1.99. The van der Waals surface area contributed by atoms with Crippen molar-refractivity contribution in [3.05, 3.63) is 17.6 Å². The highest BCUT2D eigenvalue weighted by Gasteiger charge is 2.18. The van der Waals surface area contributed by atoms with Crippen molar-refractivity contribution in [2.24, 2.45) is 0 Å². The lowest BCUT2D eigenvalue weighted by Gasteiger charge is -2.31. The molecule has 1 saturated heterocycles. The van der Waals surface area contributed by atoms with E-state index in [0.29, 0.717) is 6.04 Å². The summed E-state index contributed by atoms with van der Waals surface area (Å²) >= 11 is 0.